The van der Waals surface area contributed by atoms with Gasteiger partial charge in [0.2, 0.25) is 5.91 Å². The van der Waals surface area contributed by atoms with Gasteiger partial charge in [0, 0.05) is 44.0 Å². The van der Waals surface area contributed by atoms with Crippen LogP contribution in [0.3, 0.4) is 0 Å². The number of halogens is 2. The van der Waals surface area contributed by atoms with Crippen molar-refractivity contribution in [1.29, 1.82) is 0 Å². The van der Waals surface area contributed by atoms with Gasteiger partial charge in [-0.3, -0.25) is 4.79 Å². The normalized spacial score (nSPS) is 25.0. The van der Waals surface area contributed by atoms with E-state index in [-0.39, 0.29) is 36.4 Å². The number of benzene rings is 1. The SMILES string of the molecule is CCO[C@H]1C[C@@H](O)C12CCN(C(=O)CCc1ccc(F)cc1F)CC2. The standard InChI is InChI=1S/C19H25F2NO3/c1-2-25-17-12-16(23)19(17)7-9-22(10-8-19)18(24)6-4-13-3-5-14(20)11-15(13)21/h3,5,11,16-17,23H,2,4,6-10,12H2,1H3/t16-,17+/m1/s1. The van der Waals surface area contributed by atoms with Gasteiger partial charge in [0.15, 0.2) is 0 Å². The smallest absolute Gasteiger partial charge is 0.222 e. The van der Waals surface area contributed by atoms with Crippen molar-refractivity contribution in [1.82, 2.24) is 4.90 Å². The van der Waals surface area contributed by atoms with Crippen molar-refractivity contribution in [3.63, 3.8) is 0 Å². The summed E-state index contributed by atoms with van der Waals surface area (Å²) in [6, 6.07) is 3.44. The molecule has 138 valence electrons. The van der Waals surface area contributed by atoms with E-state index in [1.54, 1.807) is 4.90 Å². The van der Waals surface area contributed by atoms with Crippen molar-refractivity contribution in [3.8, 4) is 0 Å². The van der Waals surface area contributed by atoms with Crippen molar-refractivity contribution in [2.24, 2.45) is 5.41 Å². The largest absolute Gasteiger partial charge is 0.392 e. The van der Waals surface area contributed by atoms with Crippen molar-refractivity contribution in [2.75, 3.05) is 19.7 Å². The Kier molecular flexibility index (Phi) is 5.39. The number of ether oxygens (including phenoxy) is 1. The van der Waals surface area contributed by atoms with Crippen LogP contribution in [-0.2, 0) is 16.0 Å². The molecular weight excluding hydrogens is 328 g/mol. The van der Waals surface area contributed by atoms with Crippen LogP contribution in [0.1, 0.15) is 38.2 Å². The maximum absolute atomic E-state index is 13.7. The van der Waals surface area contributed by atoms with Gasteiger partial charge in [-0.15, -0.1) is 0 Å². The van der Waals surface area contributed by atoms with E-state index in [1.807, 2.05) is 6.92 Å². The molecule has 1 aromatic rings. The Morgan fingerprint density at radius 3 is 2.68 bits per heavy atom. The third kappa shape index (κ3) is 3.55. The third-order valence-corrected chi connectivity index (χ3v) is 5.78. The average Bonchev–Trinajstić information content (AvgIpc) is 2.61. The zero-order chi connectivity index (χ0) is 18.0. The predicted molar refractivity (Wildman–Crippen MR) is 89.0 cm³/mol. The number of carbonyl (C=O) groups excluding carboxylic acids is 1. The summed E-state index contributed by atoms with van der Waals surface area (Å²) in [7, 11) is 0. The highest BCUT2D eigenvalue weighted by molar-refractivity contribution is 5.76. The first-order valence-corrected chi connectivity index (χ1v) is 8.97. The monoisotopic (exact) mass is 353 g/mol. The fourth-order valence-electron chi connectivity index (χ4n) is 4.11. The molecule has 1 amide bonds. The minimum atomic E-state index is -0.614. The minimum absolute atomic E-state index is 0.0275. The van der Waals surface area contributed by atoms with Crippen LogP contribution < -0.4 is 0 Å². The fourth-order valence-corrected chi connectivity index (χ4v) is 4.11. The maximum Gasteiger partial charge on any atom is 0.222 e. The molecule has 1 saturated carbocycles. The molecule has 1 heterocycles. The first-order chi connectivity index (χ1) is 12.0. The molecule has 1 spiro atoms. The summed E-state index contributed by atoms with van der Waals surface area (Å²) in [6.07, 6.45) is 2.33. The molecule has 1 aromatic carbocycles. The minimum Gasteiger partial charge on any atom is -0.392 e. The molecule has 1 aliphatic heterocycles. The van der Waals surface area contributed by atoms with E-state index in [0.29, 0.717) is 31.7 Å². The fraction of sp³-hybridized carbons (Fsp3) is 0.632. The summed E-state index contributed by atoms with van der Waals surface area (Å²) >= 11 is 0. The number of hydrogen-bond donors (Lipinski definition) is 1. The number of likely N-dealkylation sites (tertiary alicyclic amines) is 1. The van der Waals surface area contributed by atoms with Crippen molar-refractivity contribution >= 4 is 5.91 Å². The molecule has 2 aliphatic rings. The van der Waals surface area contributed by atoms with Gasteiger partial charge in [-0.25, -0.2) is 8.78 Å². The van der Waals surface area contributed by atoms with E-state index in [9.17, 15) is 18.7 Å². The van der Waals surface area contributed by atoms with Crippen molar-refractivity contribution < 1.29 is 23.4 Å². The molecule has 0 bridgehead atoms. The Balaban J connectivity index is 1.52. The molecule has 25 heavy (non-hydrogen) atoms. The van der Waals surface area contributed by atoms with Gasteiger partial charge < -0.3 is 14.7 Å². The lowest BCUT2D eigenvalue weighted by atomic mass is 9.58. The van der Waals surface area contributed by atoms with Crippen LogP contribution in [-0.4, -0.2) is 47.8 Å². The molecule has 4 nitrogen and oxygen atoms in total. The molecule has 3 rings (SSSR count). The van der Waals surface area contributed by atoms with Crippen LogP contribution in [0, 0.1) is 17.0 Å². The summed E-state index contributed by atoms with van der Waals surface area (Å²) in [5.41, 5.74) is 0.143. The second-order valence-electron chi connectivity index (χ2n) is 7.05. The highest BCUT2D eigenvalue weighted by Gasteiger charge is 2.56. The number of piperidine rings is 1. The molecule has 2 fully saturated rings. The highest BCUT2D eigenvalue weighted by atomic mass is 19.1. The molecular formula is C19H25F2NO3. The molecule has 1 saturated heterocycles. The lowest BCUT2D eigenvalue weighted by molar-refractivity contribution is -0.210. The number of carbonyl (C=O) groups is 1. The Hall–Kier alpha value is -1.53. The average molecular weight is 353 g/mol. The first kappa shape index (κ1) is 18.3. The van der Waals surface area contributed by atoms with Crippen LogP contribution in [0.25, 0.3) is 0 Å². The Morgan fingerprint density at radius 2 is 2.08 bits per heavy atom. The molecule has 6 heteroatoms. The number of amides is 1. The van der Waals surface area contributed by atoms with Crippen LogP contribution >= 0.6 is 0 Å². The summed E-state index contributed by atoms with van der Waals surface area (Å²) in [5, 5.41) is 10.2. The number of aryl methyl sites for hydroxylation is 1. The van der Waals surface area contributed by atoms with Gasteiger partial charge in [-0.2, -0.15) is 0 Å². The molecule has 0 unspecified atom stereocenters. The lowest BCUT2D eigenvalue weighted by Gasteiger charge is -2.56. The predicted octanol–water partition coefficient (Wildman–Crippen LogP) is 2.68. The summed E-state index contributed by atoms with van der Waals surface area (Å²) in [4.78, 5) is 14.2. The highest BCUT2D eigenvalue weighted by Crippen LogP contribution is 2.50. The molecule has 0 aromatic heterocycles. The zero-order valence-corrected chi connectivity index (χ0v) is 14.5. The van der Waals surface area contributed by atoms with E-state index in [2.05, 4.69) is 0 Å². The number of aliphatic hydroxyl groups excluding tert-OH is 1. The Labute approximate surface area is 146 Å². The van der Waals surface area contributed by atoms with Crippen LogP contribution in [0.4, 0.5) is 8.78 Å². The van der Waals surface area contributed by atoms with Gasteiger partial charge in [0.05, 0.1) is 12.2 Å². The first-order valence-electron chi connectivity index (χ1n) is 8.97. The summed E-state index contributed by atoms with van der Waals surface area (Å²) in [6.45, 7) is 3.76. The third-order valence-electron chi connectivity index (χ3n) is 5.78. The second kappa shape index (κ2) is 7.38. The van der Waals surface area contributed by atoms with E-state index in [1.165, 1.54) is 12.1 Å². The van der Waals surface area contributed by atoms with Gasteiger partial charge >= 0.3 is 0 Å². The lowest BCUT2D eigenvalue weighted by Crippen LogP contribution is -2.62. The number of nitrogens with zero attached hydrogens (tertiary/aromatic N) is 1. The van der Waals surface area contributed by atoms with Gasteiger partial charge in [-0.05, 0) is 37.8 Å². The van der Waals surface area contributed by atoms with E-state index in [4.69, 9.17) is 4.74 Å². The quantitative estimate of drug-likeness (QED) is 0.885. The van der Waals surface area contributed by atoms with E-state index < -0.39 is 11.6 Å². The molecule has 1 N–H and O–H groups in total. The van der Waals surface area contributed by atoms with Gasteiger partial charge in [-0.1, -0.05) is 6.07 Å². The molecule has 2 atom stereocenters. The number of aliphatic hydroxyl groups is 1. The molecule has 1 aliphatic carbocycles. The molecule has 0 radical (unpaired) electrons. The van der Waals surface area contributed by atoms with Gasteiger partial charge in [0.1, 0.15) is 11.6 Å². The number of rotatable bonds is 5. The number of hydrogen-bond acceptors (Lipinski definition) is 3. The second-order valence-corrected chi connectivity index (χ2v) is 7.05. The zero-order valence-electron chi connectivity index (χ0n) is 14.5. The Bertz CT molecular complexity index is 627. The van der Waals surface area contributed by atoms with Crippen molar-refractivity contribution in [2.45, 2.75) is 51.2 Å². The van der Waals surface area contributed by atoms with E-state index in [0.717, 1.165) is 18.9 Å². The van der Waals surface area contributed by atoms with Crippen LogP contribution in [0.5, 0.6) is 0 Å². The van der Waals surface area contributed by atoms with Gasteiger partial charge in [0.25, 0.3) is 0 Å². The summed E-state index contributed by atoms with van der Waals surface area (Å²) in [5.74, 6) is -1.25. The van der Waals surface area contributed by atoms with Crippen LogP contribution in [0.15, 0.2) is 18.2 Å². The summed E-state index contributed by atoms with van der Waals surface area (Å²) < 4.78 is 32.3. The van der Waals surface area contributed by atoms with E-state index >= 15 is 0 Å². The van der Waals surface area contributed by atoms with Crippen LogP contribution in [0.2, 0.25) is 0 Å². The van der Waals surface area contributed by atoms with Crippen molar-refractivity contribution in [3.05, 3.63) is 35.4 Å². The maximum atomic E-state index is 13.7. The topological polar surface area (TPSA) is 49.8 Å². The Morgan fingerprint density at radius 1 is 1.36 bits per heavy atom.